The Labute approximate surface area is 142 Å². The zero-order valence-corrected chi connectivity index (χ0v) is 15.3. The molecule has 0 radical (unpaired) electrons. The van der Waals surface area contributed by atoms with Crippen molar-refractivity contribution in [1.29, 1.82) is 0 Å². The van der Waals surface area contributed by atoms with Crippen LogP contribution < -0.4 is 0 Å². The van der Waals surface area contributed by atoms with Crippen LogP contribution >= 0.6 is 11.6 Å². The Kier molecular flexibility index (Phi) is 5.14. The lowest BCUT2D eigenvalue weighted by Crippen LogP contribution is -2.33. The minimum absolute atomic E-state index is 0.00721. The van der Waals surface area contributed by atoms with Gasteiger partial charge < -0.3 is 4.90 Å². The predicted molar refractivity (Wildman–Crippen MR) is 90.5 cm³/mol. The number of carbonyl (C=O) groups is 1. The molecule has 0 N–H and O–H groups in total. The molecule has 0 bridgehead atoms. The maximum absolute atomic E-state index is 12.7. The van der Waals surface area contributed by atoms with Crippen molar-refractivity contribution < 1.29 is 4.79 Å². The van der Waals surface area contributed by atoms with E-state index >= 15 is 0 Å². The van der Waals surface area contributed by atoms with Crippen LogP contribution in [0.3, 0.4) is 0 Å². The van der Waals surface area contributed by atoms with E-state index < -0.39 is 6.04 Å². The molecule has 126 valence electrons. The molecule has 0 spiro atoms. The Balaban J connectivity index is 2.15. The number of hydrogen-bond donors (Lipinski definition) is 0. The van der Waals surface area contributed by atoms with Crippen LogP contribution in [0.15, 0.2) is 6.20 Å². The Morgan fingerprint density at radius 1 is 1.30 bits per heavy atom. The van der Waals surface area contributed by atoms with Crippen molar-refractivity contribution in [2.45, 2.75) is 53.8 Å². The van der Waals surface area contributed by atoms with Crippen LogP contribution in [0.1, 0.15) is 42.5 Å². The van der Waals surface area contributed by atoms with Gasteiger partial charge in [0.25, 0.3) is 0 Å². The van der Waals surface area contributed by atoms with Gasteiger partial charge in [-0.2, -0.15) is 10.2 Å². The van der Waals surface area contributed by atoms with Gasteiger partial charge in [0.15, 0.2) is 0 Å². The van der Waals surface area contributed by atoms with Gasteiger partial charge in [0.05, 0.1) is 16.4 Å². The topological polar surface area (TPSA) is 56.0 Å². The molecule has 23 heavy (non-hydrogen) atoms. The normalized spacial score (nSPS) is 12.5. The largest absolute Gasteiger partial charge is 0.339 e. The van der Waals surface area contributed by atoms with Crippen LogP contribution in [0.25, 0.3) is 0 Å². The number of halogens is 1. The number of rotatable bonds is 5. The van der Waals surface area contributed by atoms with Crippen LogP contribution in [0.2, 0.25) is 5.02 Å². The summed E-state index contributed by atoms with van der Waals surface area (Å²) < 4.78 is 3.58. The summed E-state index contributed by atoms with van der Waals surface area (Å²) >= 11 is 6.03. The number of carbonyl (C=O) groups excluding carboxylic acids is 1. The monoisotopic (exact) mass is 337 g/mol. The molecule has 6 nitrogen and oxygen atoms in total. The molecule has 0 aliphatic heterocycles. The van der Waals surface area contributed by atoms with Crippen molar-refractivity contribution >= 4 is 17.5 Å². The van der Waals surface area contributed by atoms with Gasteiger partial charge >= 0.3 is 0 Å². The highest BCUT2D eigenvalue weighted by Gasteiger charge is 2.23. The smallest absolute Gasteiger partial charge is 0.247 e. The minimum atomic E-state index is -0.395. The van der Waals surface area contributed by atoms with E-state index in [1.54, 1.807) is 22.8 Å². The molecule has 1 amide bonds. The summed E-state index contributed by atoms with van der Waals surface area (Å²) in [6, 6.07) is -0.395. The third kappa shape index (κ3) is 3.42. The van der Waals surface area contributed by atoms with Gasteiger partial charge in [-0.15, -0.1) is 0 Å². The quantitative estimate of drug-likeness (QED) is 0.843. The highest BCUT2D eigenvalue weighted by molar-refractivity contribution is 6.31. The minimum Gasteiger partial charge on any atom is -0.339 e. The van der Waals surface area contributed by atoms with Crippen LogP contribution in [0.4, 0.5) is 0 Å². The second-order valence-corrected chi connectivity index (χ2v) is 6.29. The molecule has 0 aliphatic carbocycles. The van der Waals surface area contributed by atoms with E-state index in [0.717, 1.165) is 29.2 Å². The summed E-state index contributed by atoms with van der Waals surface area (Å²) in [4.78, 5) is 14.4. The van der Waals surface area contributed by atoms with Gasteiger partial charge in [-0.3, -0.25) is 14.2 Å². The lowest BCUT2D eigenvalue weighted by molar-refractivity contribution is -0.133. The summed E-state index contributed by atoms with van der Waals surface area (Å²) in [5, 5.41) is 9.37. The molecule has 0 fully saturated rings. The molecule has 1 atom stereocenters. The summed E-state index contributed by atoms with van der Waals surface area (Å²) in [5.41, 5.74) is 3.90. The first-order chi connectivity index (χ1) is 10.8. The Morgan fingerprint density at radius 3 is 2.43 bits per heavy atom. The first-order valence-corrected chi connectivity index (χ1v) is 8.13. The number of aryl methyl sites for hydroxylation is 3. The fourth-order valence-corrected chi connectivity index (χ4v) is 2.81. The average Bonchev–Trinajstić information content (AvgIpc) is 2.99. The van der Waals surface area contributed by atoms with E-state index in [4.69, 9.17) is 11.6 Å². The number of amides is 1. The Hall–Kier alpha value is -1.82. The van der Waals surface area contributed by atoms with Crippen molar-refractivity contribution in [3.05, 3.63) is 33.9 Å². The van der Waals surface area contributed by atoms with Gasteiger partial charge in [0.1, 0.15) is 6.04 Å². The molecule has 0 aliphatic rings. The van der Waals surface area contributed by atoms with Gasteiger partial charge in [0.2, 0.25) is 5.91 Å². The van der Waals surface area contributed by atoms with Gasteiger partial charge in [-0.05, 0) is 34.6 Å². The van der Waals surface area contributed by atoms with Crippen molar-refractivity contribution in [3.8, 4) is 0 Å². The highest BCUT2D eigenvalue weighted by Crippen LogP contribution is 2.19. The zero-order chi connectivity index (χ0) is 17.3. The summed E-state index contributed by atoms with van der Waals surface area (Å²) in [7, 11) is 1.80. The summed E-state index contributed by atoms with van der Waals surface area (Å²) in [6.45, 7) is 11.1. The Bertz CT molecular complexity index is 699. The molecular formula is C16H24ClN5O. The average molecular weight is 338 g/mol. The molecule has 0 saturated carbocycles. The van der Waals surface area contributed by atoms with E-state index in [1.165, 1.54) is 0 Å². The molecule has 0 saturated heterocycles. The molecule has 2 rings (SSSR count). The number of likely N-dealkylation sites (N-methyl/N-ethyl adjacent to an activating group) is 1. The third-order valence-electron chi connectivity index (χ3n) is 4.21. The fraction of sp³-hybridized carbons (Fsp3) is 0.562. The van der Waals surface area contributed by atoms with E-state index in [2.05, 4.69) is 17.1 Å². The molecular weight excluding hydrogens is 314 g/mol. The van der Waals surface area contributed by atoms with Crippen molar-refractivity contribution in [2.24, 2.45) is 0 Å². The molecule has 7 heteroatoms. The predicted octanol–water partition coefficient (Wildman–Crippen LogP) is 2.90. The molecule has 2 heterocycles. The molecule has 1 unspecified atom stereocenters. The standard InChI is InChI=1S/C16H24ClN5O/c1-7-21-12(4)14(10(2)18-21)8-20(6)16(23)13(5)22-9-15(17)11(3)19-22/h9,13H,7-8H2,1-6H3. The highest BCUT2D eigenvalue weighted by atomic mass is 35.5. The van der Waals surface area contributed by atoms with Crippen LogP contribution in [-0.2, 0) is 17.9 Å². The van der Waals surface area contributed by atoms with E-state index in [0.29, 0.717) is 11.6 Å². The van der Waals surface area contributed by atoms with E-state index in [9.17, 15) is 4.79 Å². The summed E-state index contributed by atoms with van der Waals surface area (Å²) in [5.74, 6) is -0.00721. The lowest BCUT2D eigenvalue weighted by Gasteiger charge is -2.22. The first kappa shape index (κ1) is 17.5. The molecule has 2 aromatic heterocycles. The lowest BCUT2D eigenvalue weighted by atomic mass is 10.1. The zero-order valence-electron chi connectivity index (χ0n) is 14.6. The van der Waals surface area contributed by atoms with E-state index in [-0.39, 0.29) is 5.91 Å². The SMILES string of the molecule is CCn1nc(C)c(CN(C)C(=O)C(C)n2cc(Cl)c(C)n2)c1C. The van der Waals surface area contributed by atoms with E-state index in [1.807, 2.05) is 32.4 Å². The molecule has 2 aromatic rings. The second-order valence-electron chi connectivity index (χ2n) is 5.88. The van der Waals surface area contributed by atoms with Crippen LogP contribution in [-0.4, -0.2) is 37.4 Å². The van der Waals surface area contributed by atoms with Gasteiger partial charge in [0, 0.05) is 37.6 Å². The van der Waals surface area contributed by atoms with Crippen LogP contribution in [0.5, 0.6) is 0 Å². The van der Waals surface area contributed by atoms with Gasteiger partial charge in [-0.1, -0.05) is 11.6 Å². The second kappa shape index (κ2) is 6.74. The Morgan fingerprint density at radius 2 is 1.96 bits per heavy atom. The van der Waals surface area contributed by atoms with Crippen molar-refractivity contribution in [2.75, 3.05) is 7.05 Å². The maximum atomic E-state index is 12.7. The third-order valence-corrected chi connectivity index (χ3v) is 4.58. The van der Waals surface area contributed by atoms with Gasteiger partial charge in [-0.25, -0.2) is 0 Å². The van der Waals surface area contributed by atoms with Crippen LogP contribution in [0, 0.1) is 20.8 Å². The maximum Gasteiger partial charge on any atom is 0.247 e. The number of nitrogens with zero attached hydrogens (tertiary/aromatic N) is 5. The summed E-state index contributed by atoms with van der Waals surface area (Å²) in [6.07, 6.45) is 1.69. The molecule has 0 aromatic carbocycles. The number of hydrogen-bond acceptors (Lipinski definition) is 3. The van der Waals surface area contributed by atoms with Crippen molar-refractivity contribution in [3.63, 3.8) is 0 Å². The fourth-order valence-electron chi connectivity index (χ4n) is 2.68. The van der Waals surface area contributed by atoms with Crippen molar-refractivity contribution in [1.82, 2.24) is 24.5 Å². The number of aromatic nitrogens is 4. The first-order valence-electron chi connectivity index (χ1n) is 7.75.